The van der Waals surface area contributed by atoms with Gasteiger partial charge in [-0.15, -0.1) is 11.3 Å². The molecule has 0 aliphatic rings. The van der Waals surface area contributed by atoms with Crippen LogP contribution in [-0.4, -0.2) is 33.1 Å². The number of carbonyl (C=O) groups is 2. The fourth-order valence-corrected chi connectivity index (χ4v) is 3.28. The third kappa shape index (κ3) is 6.99. The number of aliphatic carboxylic acids is 1. The van der Waals surface area contributed by atoms with E-state index in [-0.39, 0.29) is 17.7 Å². The van der Waals surface area contributed by atoms with Crippen molar-refractivity contribution in [3.63, 3.8) is 0 Å². The Balaban J connectivity index is 0.000000451. The van der Waals surface area contributed by atoms with E-state index >= 15 is 0 Å². The van der Waals surface area contributed by atoms with Crippen molar-refractivity contribution < 1.29 is 27.9 Å². The van der Waals surface area contributed by atoms with Crippen molar-refractivity contribution in [3.8, 4) is 0 Å². The molecule has 32 heavy (non-hydrogen) atoms. The van der Waals surface area contributed by atoms with Crippen LogP contribution in [0.3, 0.4) is 0 Å². The lowest BCUT2D eigenvalue weighted by molar-refractivity contribution is -0.192. The van der Waals surface area contributed by atoms with E-state index < -0.39 is 12.1 Å². The molecule has 0 radical (unpaired) electrons. The van der Waals surface area contributed by atoms with Crippen LogP contribution in [0.15, 0.2) is 35.8 Å². The number of nitrogens with two attached hydrogens (primary N) is 1. The Hall–Kier alpha value is -3.05. The number of hydrogen-bond donors (Lipinski definition) is 3. The number of alkyl halides is 3. The van der Waals surface area contributed by atoms with Crippen molar-refractivity contribution in [2.45, 2.75) is 45.3 Å². The first-order valence-corrected chi connectivity index (χ1v) is 10.3. The topological polar surface area (TPSA) is 118 Å². The summed E-state index contributed by atoms with van der Waals surface area (Å²) in [5.41, 5.74) is 8.99. The number of thiazole rings is 1. The van der Waals surface area contributed by atoms with Gasteiger partial charge in [0.2, 0.25) is 5.91 Å². The number of anilines is 1. The van der Waals surface area contributed by atoms with Gasteiger partial charge in [0.05, 0.1) is 23.3 Å². The molecule has 11 heteroatoms. The fourth-order valence-electron chi connectivity index (χ4n) is 2.60. The molecule has 3 aromatic rings. The summed E-state index contributed by atoms with van der Waals surface area (Å²) < 4.78 is 31.7. The van der Waals surface area contributed by atoms with Gasteiger partial charge >= 0.3 is 12.1 Å². The summed E-state index contributed by atoms with van der Waals surface area (Å²) >= 11 is 1.48. The van der Waals surface area contributed by atoms with Crippen LogP contribution in [0.5, 0.6) is 0 Å². The molecule has 0 fully saturated rings. The summed E-state index contributed by atoms with van der Waals surface area (Å²) in [5, 5.41) is 13.9. The molecule has 0 atom stereocenters. The summed E-state index contributed by atoms with van der Waals surface area (Å²) in [5.74, 6) is -2.86. The lowest BCUT2D eigenvalue weighted by Crippen LogP contribution is -2.21. The molecule has 4 N–H and O–H groups in total. The minimum absolute atomic E-state index is 0.0194. The zero-order chi connectivity index (χ0) is 24.1. The Labute approximate surface area is 186 Å². The number of benzene rings is 1. The third-order valence-electron chi connectivity index (χ3n) is 4.20. The molecular formula is C21H23F3N4O3S. The standard InChI is InChI=1S/C19H22N4OS.C2HF3O2/c1-19(2,3)13-7-12-5-4-6-21-18(12)15(8-13)23-16(24)9-14-11-25-17(10-20)22-14;3-2(4,5)1(6)7/h4-8,11H,9-10,20H2,1-3H3,(H,23,24);(H,6,7). The maximum atomic E-state index is 12.5. The highest BCUT2D eigenvalue weighted by molar-refractivity contribution is 7.09. The minimum Gasteiger partial charge on any atom is -0.475 e. The van der Waals surface area contributed by atoms with Crippen LogP contribution in [0.2, 0.25) is 0 Å². The Morgan fingerprint density at radius 3 is 2.41 bits per heavy atom. The number of carboxylic acid groups (broad SMARTS) is 1. The number of amides is 1. The van der Waals surface area contributed by atoms with Gasteiger partial charge in [-0.2, -0.15) is 13.2 Å². The average Bonchev–Trinajstić information content (AvgIpc) is 3.14. The second kappa shape index (κ2) is 10.0. The second-order valence-corrected chi connectivity index (χ2v) is 8.76. The minimum atomic E-state index is -5.08. The Morgan fingerprint density at radius 1 is 1.22 bits per heavy atom. The van der Waals surface area contributed by atoms with Crippen LogP contribution >= 0.6 is 11.3 Å². The number of carboxylic acids is 1. The normalized spacial score (nSPS) is 11.6. The first-order valence-electron chi connectivity index (χ1n) is 9.44. The van der Waals surface area contributed by atoms with Gasteiger partial charge in [0.15, 0.2) is 0 Å². The van der Waals surface area contributed by atoms with E-state index in [0.29, 0.717) is 6.54 Å². The van der Waals surface area contributed by atoms with E-state index in [1.807, 2.05) is 23.6 Å². The quantitative estimate of drug-likeness (QED) is 0.527. The van der Waals surface area contributed by atoms with E-state index in [1.165, 1.54) is 11.3 Å². The predicted octanol–water partition coefficient (Wildman–Crippen LogP) is 4.26. The maximum Gasteiger partial charge on any atom is 0.490 e. The molecule has 172 valence electrons. The summed E-state index contributed by atoms with van der Waals surface area (Å²) in [6.07, 6.45) is -3.12. The molecule has 0 aliphatic carbocycles. The van der Waals surface area contributed by atoms with Gasteiger partial charge in [-0.25, -0.2) is 9.78 Å². The van der Waals surface area contributed by atoms with Gasteiger partial charge < -0.3 is 16.2 Å². The Kier molecular flexibility index (Phi) is 7.92. The smallest absolute Gasteiger partial charge is 0.475 e. The van der Waals surface area contributed by atoms with Crippen molar-refractivity contribution in [1.29, 1.82) is 0 Å². The van der Waals surface area contributed by atoms with Crippen molar-refractivity contribution in [2.75, 3.05) is 5.32 Å². The van der Waals surface area contributed by atoms with Crippen LogP contribution in [0, 0.1) is 0 Å². The first kappa shape index (κ1) is 25.2. The number of halogens is 3. The van der Waals surface area contributed by atoms with Crippen LogP contribution in [0.25, 0.3) is 10.9 Å². The number of carbonyl (C=O) groups excluding carboxylic acids is 1. The Morgan fingerprint density at radius 2 is 1.88 bits per heavy atom. The molecule has 0 aliphatic heterocycles. The van der Waals surface area contributed by atoms with Crippen molar-refractivity contribution >= 4 is 39.8 Å². The van der Waals surface area contributed by atoms with Crippen LogP contribution in [0.1, 0.15) is 37.0 Å². The third-order valence-corrected chi connectivity index (χ3v) is 5.12. The molecule has 3 rings (SSSR count). The highest BCUT2D eigenvalue weighted by Gasteiger charge is 2.38. The summed E-state index contributed by atoms with van der Waals surface area (Å²) in [4.78, 5) is 30.2. The number of pyridine rings is 1. The number of aromatic nitrogens is 2. The number of rotatable bonds is 4. The van der Waals surface area contributed by atoms with Crippen LogP contribution in [0.4, 0.5) is 18.9 Å². The first-order chi connectivity index (χ1) is 14.8. The van der Waals surface area contributed by atoms with E-state index in [0.717, 1.165) is 32.9 Å². The monoisotopic (exact) mass is 468 g/mol. The van der Waals surface area contributed by atoms with Crippen molar-refractivity contribution in [1.82, 2.24) is 9.97 Å². The van der Waals surface area contributed by atoms with E-state index in [1.54, 1.807) is 6.20 Å². The molecule has 2 heterocycles. The van der Waals surface area contributed by atoms with Crippen LogP contribution < -0.4 is 11.1 Å². The highest BCUT2D eigenvalue weighted by atomic mass is 32.1. The zero-order valence-electron chi connectivity index (χ0n) is 17.7. The second-order valence-electron chi connectivity index (χ2n) is 7.81. The van der Waals surface area contributed by atoms with Gasteiger partial charge in [-0.1, -0.05) is 26.8 Å². The molecule has 0 spiro atoms. The predicted molar refractivity (Wildman–Crippen MR) is 116 cm³/mol. The Bertz CT molecular complexity index is 1110. The molecule has 0 bridgehead atoms. The highest BCUT2D eigenvalue weighted by Crippen LogP contribution is 2.30. The summed E-state index contributed by atoms with van der Waals surface area (Å²) in [6, 6.07) is 8.07. The molecule has 7 nitrogen and oxygen atoms in total. The SMILES string of the molecule is CC(C)(C)c1cc(NC(=O)Cc2csc(CN)n2)c2ncccc2c1.O=C(O)C(F)(F)F. The summed E-state index contributed by atoms with van der Waals surface area (Å²) in [7, 11) is 0. The largest absolute Gasteiger partial charge is 0.490 e. The lowest BCUT2D eigenvalue weighted by atomic mass is 9.86. The van der Waals surface area contributed by atoms with Crippen LogP contribution in [-0.2, 0) is 28.0 Å². The van der Waals surface area contributed by atoms with Crippen molar-refractivity contribution in [3.05, 3.63) is 52.1 Å². The maximum absolute atomic E-state index is 12.5. The molecular weight excluding hydrogens is 445 g/mol. The molecule has 0 saturated heterocycles. The van der Waals surface area contributed by atoms with Gasteiger partial charge in [0.1, 0.15) is 5.01 Å². The fraction of sp³-hybridized carbons (Fsp3) is 0.333. The van der Waals surface area contributed by atoms with E-state index in [9.17, 15) is 18.0 Å². The van der Waals surface area contributed by atoms with E-state index in [2.05, 4.69) is 42.1 Å². The van der Waals surface area contributed by atoms with Gasteiger partial charge in [0.25, 0.3) is 0 Å². The average molecular weight is 469 g/mol. The zero-order valence-corrected chi connectivity index (χ0v) is 18.5. The van der Waals surface area contributed by atoms with Crippen molar-refractivity contribution in [2.24, 2.45) is 5.73 Å². The molecule has 0 unspecified atom stereocenters. The van der Waals surface area contributed by atoms with Gasteiger partial charge in [0, 0.05) is 23.5 Å². The van der Waals surface area contributed by atoms with E-state index in [4.69, 9.17) is 15.6 Å². The number of fused-ring (bicyclic) bond motifs is 1. The summed E-state index contributed by atoms with van der Waals surface area (Å²) in [6.45, 7) is 6.85. The van der Waals surface area contributed by atoms with Gasteiger partial charge in [-0.3, -0.25) is 9.78 Å². The number of hydrogen-bond acceptors (Lipinski definition) is 6. The molecule has 0 saturated carbocycles. The molecule has 1 aromatic carbocycles. The number of nitrogens with one attached hydrogen (secondary N) is 1. The molecule has 2 aromatic heterocycles. The number of nitrogens with zero attached hydrogens (tertiary/aromatic N) is 2. The van der Waals surface area contributed by atoms with Gasteiger partial charge in [-0.05, 0) is 29.2 Å². The molecule has 1 amide bonds. The lowest BCUT2D eigenvalue weighted by Gasteiger charge is -2.21.